The minimum absolute atomic E-state index is 0.0566. The molecule has 0 aliphatic carbocycles. The van der Waals surface area contributed by atoms with Crippen molar-refractivity contribution in [3.05, 3.63) is 0 Å². The lowest BCUT2D eigenvalue weighted by Gasteiger charge is -2.39. The third kappa shape index (κ3) is 11.3. The maximum Gasteiger partial charge on any atom is 0.308 e. The van der Waals surface area contributed by atoms with Crippen LogP contribution in [0.2, 0.25) is 18.1 Å². The highest BCUT2D eigenvalue weighted by molar-refractivity contribution is 7.91. The Kier molecular flexibility index (Phi) is 9.76. The summed E-state index contributed by atoms with van der Waals surface area (Å²) in [6, 6.07) is 0. The number of esters is 1. The Morgan fingerprint density at radius 1 is 1.11 bits per heavy atom. The summed E-state index contributed by atoms with van der Waals surface area (Å²) in [6.07, 6.45) is 2.95. The number of carbonyl (C=O) groups is 1. The minimum Gasteiger partial charge on any atom is -0.591 e. The van der Waals surface area contributed by atoms with Crippen LogP contribution >= 0.6 is 0 Å². The van der Waals surface area contributed by atoms with Crippen molar-refractivity contribution in [2.24, 2.45) is 4.40 Å². The fourth-order valence-corrected chi connectivity index (χ4v) is 3.85. The molecule has 0 saturated heterocycles. The number of rotatable bonds is 8. The minimum atomic E-state index is -2.02. The van der Waals surface area contributed by atoms with Crippen LogP contribution < -0.4 is 0 Å². The molecule has 0 aromatic heterocycles. The molecule has 27 heavy (non-hydrogen) atoms. The summed E-state index contributed by atoms with van der Waals surface area (Å²) in [5, 5.41) is 0.0566. The SMILES string of the molecule is CC(C)(C)OC(=O)C[C@H](CCC=N[S+]([O-])C(C)(C)C)O[Si](C)(C)C(C)(C)C. The van der Waals surface area contributed by atoms with E-state index in [1.807, 2.05) is 41.5 Å². The van der Waals surface area contributed by atoms with E-state index < -0.39 is 25.3 Å². The van der Waals surface area contributed by atoms with Gasteiger partial charge in [0.05, 0.1) is 18.7 Å². The van der Waals surface area contributed by atoms with Crippen LogP contribution in [0.1, 0.15) is 81.6 Å². The number of hydrogen-bond donors (Lipinski definition) is 0. The molecule has 0 aromatic rings. The zero-order valence-corrected chi connectivity index (χ0v) is 21.1. The van der Waals surface area contributed by atoms with Crippen molar-refractivity contribution in [2.75, 3.05) is 0 Å². The number of hydrogen-bond acceptors (Lipinski definition) is 5. The molecule has 0 amide bonds. The molecule has 0 aliphatic heterocycles. The zero-order chi connectivity index (χ0) is 21.7. The largest absolute Gasteiger partial charge is 0.591 e. The van der Waals surface area contributed by atoms with E-state index in [4.69, 9.17) is 9.16 Å². The summed E-state index contributed by atoms with van der Waals surface area (Å²) in [4.78, 5) is 12.3. The van der Waals surface area contributed by atoms with Crippen LogP contribution in [-0.4, -0.2) is 41.5 Å². The van der Waals surface area contributed by atoms with Crippen LogP contribution in [0.4, 0.5) is 0 Å². The van der Waals surface area contributed by atoms with E-state index in [-0.39, 0.29) is 28.3 Å². The van der Waals surface area contributed by atoms with Crippen LogP contribution in [0.5, 0.6) is 0 Å². The van der Waals surface area contributed by atoms with Crippen molar-refractivity contribution < 1.29 is 18.5 Å². The molecular weight excluding hydrogens is 378 g/mol. The van der Waals surface area contributed by atoms with Crippen LogP contribution in [0, 0.1) is 0 Å². The van der Waals surface area contributed by atoms with Crippen molar-refractivity contribution in [2.45, 2.75) is 116 Å². The summed E-state index contributed by atoms with van der Waals surface area (Å²) in [5.74, 6) is -0.249. The van der Waals surface area contributed by atoms with E-state index in [1.54, 1.807) is 6.21 Å². The molecule has 0 saturated carbocycles. The van der Waals surface area contributed by atoms with Gasteiger partial charge in [-0.1, -0.05) is 25.2 Å². The Labute approximate surface area is 171 Å². The highest BCUT2D eigenvalue weighted by atomic mass is 32.2. The average Bonchev–Trinajstić information content (AvgIpc) is 2.37. The molecule has 0 bridgehead atoms. The predicted octanol–water partition coefficient (Wildman–Crippen LogP) is 5.42. The van der Waals surface area contributed by atoms with Gasteiger partial charge in [-0.2, -0.15) is 0 Å². The van der Waals surface area contributed by atoms with Gasteiger partial charge in [-0.15, -0.1) is 0 Å². The highest BCUT2D eigenvalue weighted by Crippen LogP contribution is 2.38. The Hall–Kier alpha value is -0.373. The Morgan fingerprint density at radius 2 is 1.63 bits per heavy atom. The van der Waals surface area contributed by atoms with Gasteiger partial charge >= 0.3 is 5.97 Å². The summed E-state index contributed by atoms with van der Waals surface area (Å²) >= 11 is -1.26. The normalized spacial score (nSPS) is 16.4. The molecule has 5 nitrogen and oxygen atoms in total. The summed E-state index contributed by atoms with van der Waals surface area (Å²) in [6.45, 7) is 22.2. The van der Waals surface area contributed by atoms with Crippen molar-refractivity contribution in [1.29, 1.82) is 0 Å². The van der Waals surface area contributed by atoms with Crippen molar-refractivity contribution in [3.8, 4) is 0 Å². The molecule has 0 radical (unpaired) electrons. The molecule has 0 aliphatic rings. The first-order valence-corrected chi connectivity index (χ1v) is 13.7. The van der Waals surface area contributed by atoms with E-state index in [0.29, 0.717) is 12.8 Å². The van der Waals surface area contributed by atoms with Crippen molar-refractivity contribution >= 4 is 31.9 Å². The summed E-state index contributed by atoms with van der Waals surface area (Å²) in [7, 11) is -2.02. The fraction of sp³-hybridized carbons (Fsp3) is 0.900. The predicted molar refractivity (Wildman–Crippen MR) is 118 cm³/mol. The highest BCUT2D eigenvalue weighted by Gasteiger charge is 2.39. The number of ether oxygens (including phenoxy) is 1. The van der Waals surface area contributed by atoms with Gasteiger partial charge in [0, 0.05) is 0 Å². The van der Waals surface area contributed by atoms with Gasteiger partial charge in [-0.25, -0.2) is 0 Å². The molecule has 2 atom stereocenters. The lowest BCUT2D eigenvalue weighted by Crippen LogP contribution is -2.44. The molecule has 1 unspecified atom stereocenters. The third-order valence-corrected chi connectivity index (χ3v) is 10.3. The van der Waals surface area contributed by atoms with Gasteiger partial charge in [0.2, 0.25) is 0 Å². The second-order valence-corrected chi connectivity index (χ2v) is 17.2. The first kappa shape index (κ1) is 26.6. The Morgan fingerprint density at radius 3 is 2.04 bits per heavy atom. The monoisotopic (exact) mass is 419 g/mol. The number of carbonyl (C=O) groups excluding carboxylic acids is 1. The van der Waals surface area contributed by atoms with Crippen molar-refractivity contribution in [1.82, 2.24) is 0 Å². The molecule has 0 rings (SSSR count). The van der Waals surface area contributed by atoms with E-state index >= 15 is 0 Å². The second-order valence-electron chi connectivity index (χ2n) is 10.5. The first-order valence-electron chi connectivity index (χ1n) is 9.69. The van der Waals surface area contributed by atoms with Crippen LogP contribution in [0.25, 0.3) is 0 Å². The van der Waals surface area contributed by atoms with Gasteiger partial charge in [-0.05, 0) is 72.5 Å². The Balaban J connectivity index is 5.04. The maximum absolute atomic E-state index is 12.3. The molecule has 0 aromatic carbocycles. The van der Waals surface area contributed by atoms with E-state index in [2.05, 4.69) is 38.3 Å². The molecule has 0 fully saturated rings. The molecule has 0 N–H and O–H groups in total. The second kappa shape index (κ2) is 9.90. The summed E-state index contributed by atoms with van der Waals surface area (Å²) < 4.78 is 27.7. The van der Waals surface area contributed by atoms with Gasteiger partial charge in [0.15, 0.2) is 8.32 Å². The Bertz CT molecular complexity index is 502. The van der Waals surface area contributed by atoms with E-state index in [9.17, 15) is 9.35 Å². The third-order valence-electron chi connectivity index (χ3n) is 4.39. The van der Waals surface area contributed by atoms with Gasteiger partial charge < -0.3 is 13.7 Å². The lowest BCUT2D eigenvalue weighted by molar-refractivity contribution is -0.156. The fourth-order valence-electron chi connectivity index (χ4n) is 1.90. The van der Waals surface area contributed by atoms with Crippen molar-refractivity contribution in [3.63, 3.8) is 0 Å². The van der Waals surface area contributed by atoms with Crippen LogP contribution in [0.3, 0.4) is 0 Å². The zero-order valence-electron chi connectivity index (χ0n) is 19.3. The van der Waals surface area contributed by atoms with Crippen LogP contribution in [-0.2, 0) is 25.3 Å². The average molecular weight is 420 g/mol. The summed E-state index contributed by atoms with van der Waals surface area (Å²) in [5.41, 5.74) is -0.510. The molecular formula is C20H41NO4SSi. The maximum atomic E-state index is 12.3. The molecule has 0 heterocycles. The first-order chi connectivity index (χ1) is 11.8. The van der Waals surface area contributed by atoms with E-state index in [0.717, 1.165) is 0 Å². The molecule has 160 valence electrons. The van der Waals surface area contributed by atoms with Crippen LogP contribution in [0.15, 0.2) is 4.40 Å². The lowest BCUT2D eigenvalue weighted by atomic mass is 10.1. The van der Waals surface area contributed by atoms with Gasteiger partial charge in [0.1, 0.15) is 21.7 Å². The molecule has 0 spiro atoms. The molecule has 7 heteroatoms. The van der Waals surface area contributed by atoms with Gasteiger partial charge in [-0.3, -0.25) is 4.79 Å². The van der Waals surface area contributed by atoms with Gasteiger partial charge in [0.25, 0.3) is 0 Å². The number of nitrogens with zero attached hydrogens (tertiary/aromatic N) is 1. The smallest absolute Gasteiger partial charge is 0.308 e. The van der Waals surface area contributed by atoms with E-state index in [1.165, 1.54) is 0 Å². The standard InChI is InChI=1S/C20H41NO4SSi/c1-18(2,3)24-17(22)15-16(25-27(10,11)20(7,8)9)13-12-14-21-26(23)19(4,5)6/h14,16H,12-13,15H2,1-11H3/t16-,26?/m0/s1. The quantitative estimate of drug-likeness (QED) is 0.228. The topological polar surface area (TPSA) is 71.0 Å².